The summed E-state index contributed by atoms with van der Waals surface area (Å²) in [6.07, 6.45) is 2.26. The molecule has 1 unspecified atom stereocenters. The van der Waals surface area contributed by atoms with Gasteiger partial charge in [0.1, 0.15) is 11.9 Å². The second-order valence-electron chi connectivity index (χ2n) is 5.89. The predicted octanol–water partition coefficient (Wildman–Crippen LogP) is 3.17. The fraction of sp³-hybridized carbons (Fsp3) is 0.389. The Labute approximate surface area is 156 Å². The average molecular weight is 378 g/mol. The number of nitrogens with one attached hydrogen (secondary N) is 1. The molecule has 1 aliphatic rings. The van der Waals surface area contributed by atoms with Gasteiger partial charge in [-0.05, 0) is 43.5 Å². The number of aromatic nitrogens is 2. The quantitative estimate of drug-likeness (QED) is 0.760. The predicted molar refractivity (Wildman–Crippen MR) is 95.8 cm³/mol. The zero-order chi connectivity index (χ0) is 18.4. The van der Waals surface area contributed by atoms with Gasteiger partial charge in [-0.25, -0.2) is 0 Å². The second-order valence-corrected chi connectivity index (χ2v) is 6.33. The molecule has 0 saturated carbocycles. The van der Waals surface area contributed by atoms with Crippen molar-refractivity contribution < 1.29 is 18.7 Å². The summed E-state index contributed by atoms with van der Waals surface area (Å²) >= 11 is 5.79. The molecule has 1 amide bonds. The topological polar surface area (TPSA) is 86.5 Å². The second kappa shape index (κ2) is 8.82. The molecule has 0 spiro atoms. The Morgan fingerprint density at radius 2 is 2.15 bits per heavy atom. The molecular weight excluding hydrogens is 358 g/mol. The van der Waals surface area contributed by atoms with E-state index in [1.165, 1.54) is 0 Å². The van der Waals surface area contributed by atoms with Crippen LogP contribution in [0.3, 0.4) is 0 Å². The van der Waals surface area contributed by atoms with Gasteiger partial charge in [-0.2, -0.15) is 0 Å². The first-order valence-corrected chi connectivity index (χ1v) is 8.78. The Kier molecular flexibility index (Phi) is 6.25. The molecule has 0 radical (unpaired) electrons. The SMILES string of the molecule is C=C(CCNC(=O)COc1ccc(Cl)cc1)c1nnc(C2CCCO2)o1. The van der Waals surface area contributed by atoms with Crippen molar-refractivity contribution in [1.29, 1.82) is 0 Å². The Morgan fingerprint density at radius 3 is 2.88 bits per heavy atom. The number of nitrogens with zero attached hydrogens (tertiary/aromatic N) is 2. The van der Waals surface area contributed by atoms with E-state index in [4.69, 9.17) is 25.5 Å². The van der Waals surface area contributed by atoms with Crippen molar-refractivity contribution in [1.82, 2.24) is 15.5 Å². The van der Waals surface area contributed by atoms with Crippen LogP contribution in [-0.4, -0.2) is 35.9 Å². The number of halogens is 1. The normalized spacial score (nSPS) is 16.4. The van der Waals surface area contributed by atoms with Gasteiger partial charge in [-0.3, -0.25) is 4.79 Å². The molecule has 1 N–H and O–H groups in total. The molecule has 8 heteroatoms. The molecule has 1 aliphatic heterocycles. The van der Waals surface area contributed by atoms with Gasteiger partial charge in [0.15, 0.2) is 6.61 Å². The Morgan fingerprint density at radius 1 is 1.35 bits per heavy atom. The van der Waals surface area contributed by atoms with Crippen molar-refractivity contribution in [3.63, 3.8) is 0 Å². The standard InChI is InChI=1S/C18H20ClN3O4/c1-12(17-21-22-18(26-17)15-3-2-10-24-15)8-9-20-16(23)11-25-14-6-4-13(19)5-7-14/h4-7,15H,1-3,8-11H2,(H,20,23). The van der Waals surface area contributed by atoms with E-state index in [-0.39, 0.29) is 18.6 Å². The molecule has 26 heavy (non-hydrogen) atoms. The fourth-order valence-corrected chi connectivity index (χ4v) is 2.60. The van der Waals surface area contributed by atoms with Crippen molar-refractivity contribution in [3.05, 3.63) is 47.6 Å². The minimum absolute atomic E-state index is 0.0716. The fourth-order valence-electron chi connectivity index (χ4n) is 2.47. The van der Waals surface area contributed by atoms with Crippen LogP contribution in [0.1, 0.15) is 37.1 Å². The summed E-state index contributed by atoms with van der Waals surface area (Å²) in [5.74, 6) is 1.22. The Bertz CT molecular complexity index is 754. The van der Waals surface area contributed by atoms with Crippen molar-refractivity contribution in [2.24, 2.45) is 0 Å². The molecule has 1 aromatic heterocycles. The average Bonchev–Trinajstić information content (AvgIpc) is 3.32. The maximum Gasteiger partial charge on any atom is 0.257 e. The van der Waals surface area contributed by atoms with Crippen LogP contribution in [0.4, 0.5) is 0 Å². The van der Waals surface area contributed by atoms with Crippen LogP contribution < -0.4 is 10.1 Å². The van der Waals surface area contributed by atoms with Gasteiger partial charge in [-0.1, -0.05) is 18.2 Å². The lowest BCUT2D eigenvalue weighted by Gasteiger charge is -2.07. The number of rotatable bonds is 8. The Hall–Kier alpha value is -2.38. The van der Waals surface area contributed by atoms with Crippen molar-refractivity contribution in [3.8, 4) is 5.75 Å². The number of carbonyl (C=O) groups is 1. The van der Waals surface area contributed by atoms with Gasteiger partial charge in [0, 0.05) is 23.7 Å². The van der Waals surface area contributed by atoms with Crippen LogP contribution in [0, 0.1) is 0 Å². The van der Waals surface area contributed by atoms with Gasteiger partial charge >= 0.3 is 0 Å². The molecule has 2 heterocycles. The van der Waals surface area contributed by atoms with Gasteiger partial charge in [0.25, 0.3) is 5.91 Å². The molecule has 0 aliphatic carbocycles. The molecule has 1 saturated heterocycles. The summed E-state index contributed by atoms with van der Waals surface area (Å²) in [4.78, 5) is 11.8. The zero-order valence-corrected chi connectivity index (χ0v) is 15.0. The number of hydrogen-bond acceptors (Lipinski definition) is 6. The lowest BCUT2D eigenvalue weighted by molar-refractivity contribution is -0.123. The van der Waals surface area contributed by atoms with E-state index in [2.05, 4.69) is 22.1 Å². The van der Waals surface area contributed by atoms with Crippen LogP contribution in [-0.2, 0) is 9.53 Å². The minimum Gasteiger partial charge on any atom is -0.484 e. The lowest BCUT2D eigenvalue weighted by atomic mass is 10.2. The third-order valence-corrected chi connectivity index (χ3v) is 4.13. The van der Waals surface area contributed by atoms with Crippen molar-refractivity contribution in [2.45, 2.75) is 25.4 Å². The summed E-state index contributed by atoms with van der Waals surface area (Å²) in [6, 6.07) is 6.82. The number of benzene rings is 1. The van der Waals surface area contributed by atoms with Crippen molar-refractivity contribution in [2.75, 3.05) is 19.8 Å². The van der Waals surface area contributed by atoms with Gasteiger partial charge in [0.05, 0.1) is 0 Å². The van der Waals surface area contributed by atoms with E-state index >= 15 is 0 Å². The smallest absolute Gasteiger partial charge is 0.257 e. The molecule has 1 fully saturated rings. The highest BCUT2D eigenvalue weighted by atomic mass is 35.5. The third-order valence-electron chi connectivity index (χ3n) is 3.88. The highest BCUT2D eigenvalue weighted by Crippen LogP contribution is 2.28. The molecular formula is C18H20ClN3O4. The van der Waals surface area contributed by atoms with E-state index in [1.54, 1.807) is 24.3 Å². The maximum atomic E-state index is 11.8. The summed E-state index contributed by atoms with van der Waals surface area (Å²) < 4.78 is 16.5. The highest BCUT2D eigenvalue weighted by Gasteiger charge is 2.24. The van der Waals surface area contributed by atoms with Crippen LogP contribution in [0.25, 0.3) is 5.57 Å². The third kappa shape index (κ3) is 5.06. The minimum atomic E-state index is -0.224. The van der Waals surface area contributed by atoms with Crippen LogP contribution >= 0.6 is 11.6 Å². The first-order chi connectivity index (χ1) is 12.6. The van der Waals surface area contributed by atoms with Crippen LogP contribution in [0.5, 0.6) is 5.75 Å². The summed E-state index contributed by atoms with van der Waals surface area (Å²) in [7, 11) is 0. The van der Waals surface area contributed by atoms with Gasteiger partial charge in [-0.15, -0.1) is 10.2 Å². The Balaban J connectivity index is 1.37. The van der Waals surface area contributed by atoms with E-state index in [1.807, 2.05) is 0 Å². The van der Waals surface area contributed by atoms with Crippen LogP contribution in [0.15, 0.2) is 35.3 Å². The molecule has 1 aromatic carbocycles. The molecule has 1 atom stereocenters. The number of amides is 1. The van der Waals surface area contributed by atoms with Gasteiger partial charge < -0.3 is 19.2 Å². The molecule has 138 valence electrons. The summed E-state index contributed by atoms with van der Waals surface area (Å²) in [6.45, 7) is 4.98. The van der Waals surface area contributed by atoms with E-state index < -0.39 is 0 Å². The first-order valence-electron chi connectivity index (χ1n) is 8.40. The number of hydrogen-bond donors (Lipinski definition) is 1. The maximum absolute atomic E-state index is 11.8. The molecule has 7 nitrogen and oxygen atoms in total. The largest absolute Gasteiger partial charge is 0.484 e. The molecule has 3 rings (SSSR count). The monoisotopic (exact) mass is 377 g/mol. The number of carbonyl (C=O) groups excluding carboxylic acids is 1. The first kappa shape index (κ1) is 18.4. The van der Waals surface area contributed by atoms with Crippen LogP contribution in [0.2, 0.25) is 5.02 Å². The van der Waals surface area contributed by atoms with Gasteiger partial charge in [0.2, 0.25) is 11.8 Å². The summed E-state index contributed by atoms with van der Waals surface area (Å²) in [5.41, 5.74) is 0.667. The number of ether oxygens (including phenoxy) is 2. The zero-order valence-electron chi connectivity index (χ0n) is 14.2. The summed E-state index contributed by atoms with van der Waals surface area (Å²) in [5, 5.41) is 11.4. The lowest BCUT2D eigenvalue weighted by Crippen LogP contribution is -2.29. The highest BCUT2D eigenvalue weighted by molar-refractivity contribution is 6.30. The van der Waals surface area contributed by atoms with Crippen molar-refractivity contribution >= 4 is 23.1 Å². The molecule has 2 aromatic rings. The van der Waals surface area contributed by atoms with E-state index in [0.29, 0.717) is 47.7 Å². The molecule has 0 bridgehead atoms. The van der Waals surface area contributed by atoms with E-state index in [0.717, 1.165) is 12.8 Å². The van der Waals surface area contributed by atoms with E-state index in [9.17, 15) is 4.79 Å².